The van der Waals surface area contributed by atoms with E-state index in [1.807, 2.05) is 24.3 Å². The molecule has 2 aliphatic rings. The van der Waals surface area contributed by atoms with Crippen molar-refractivity contribution < 1.29 is 14.6 Å². The van der Waals surface area contributed by atoms with Gasteiger partial charge in [0.1, 0.15) is 0 Å². The van der Waals surface area contributed by atoms with E-state index in [-0.39, 0.29) is 6.10 Å². The van der Waals surface area contributed by atoms with Gasteiger partial charge < -0.3 is 9.84 Å². The summed E-state index contributed by atoms with van der Waals surface area (Å²) >= 11 is 0. The summed E-state index contributed by atoms with van der Waals surface area (Å²) in [6, 6.07) is 7.89. The summed E-state index contributed by atoms with van der Waals surface area (Å²) in [5, 5.41) is 9.45. The Morgan fingerprint density at radius 2 is 2.20 bits per heavy atom. The van der Waals surface area contributed by atoms with Gasteiger partial charge in [0.2, 0.25) is 0 Å². The van der Waals surface area contributed by atoms with E-state index in [2.05, 4.69) is 11.8 Å². The van der Waals surface area contributed by atoms with Crippen LogP contribution in [-0.4, -0.2) is 41.3 Å². The number of hydrogen-bond acceptors (Lipinski definition) is 3. The predicted molar refractivity (Wildman–Crippen MR) is 75.7 cm³/mol. The molecule has 0 aromatic heterocycles. The normalized spacial score (nSPS) is 30.1. The molecule has 0 bridgehead atoms. The van der Waals surface area contributed by atoms with Crippen molar-refractivity contribution in [1.29, 1.82) is 0 Å². The number of hydrogen-bond donors (Lipinski definition) is 1. The molecule has 0 spiro atoms. The van der Waals surface area contributed by atoms with E-state index in [4.69, 9.17) is 4.74 Å². The van der Waals surface area contributed by atoms with Crippen LogP contribution in [0.5, 0.6) is 0 Å². The Balaban J connectivity index is 1.74. The molecule has 3 rings (SSSR count). The van der Waals surface area contributed by atoms with Crippen LogP contribution in [-0.2, 0) is 16.1 Å². The first kappa shape index (κ1) is 13.6. The van der Waals surface area contributed by atoms with E-state index in [1.54, 1.807) is 0 Å². The molecule has 2 heterocycles. The van der Waals surface area contributed by atoms with E-state index in [0.29, 0.717) is 12.6 Å². The largest absolute Gasteiger partial charge is 0.481 e. The average molecular weight is 275 g/mol. The van der Waals surface area contributed by atoms with Gasteiger partial charge in [-0.2, -0.15) is 0 Å². The summed E-state index contributed by atoms with van der Waals surface area (Å²) in [7, 11) is 0. The Hall–Kier alpha value is -1.39. The predicted octanol–water partition coefficient (Wildman–Crippen LogP) is 2.24. The highest BCUT2D eigenvalue weighted by Crippen LogP contribution is 2.30. The molecule has 4 heteroatoms. The van der Waals surface area contributed by atoms with Gasteiger partial charge in [0, 0.05) is 19.6 Å². The van der Waals surface area contributed by atoms with Crippen molar-refractivity contribution in [2.45, 2.75) is 44.4 Å². The summed E-state index contributed by atoms with van der Waals surface area (Å²) in [5.74, 6) is -1.15. The number of carboxylic acids is 1. The summed E-state index contributed by atoms with van der Waals surface area (Å²) < 4.78 is 5.86. The molecule has 1 N–H and O–H groups in total. The molecule has 3 atom stereocenters. The molecular weight excluding hydrogens is 254 g/mol. The second-order valence-corrected chi connectivity index (χ2v) is 5.93. The zero-order valence-electron chi connectivity index (χ0n) is 11.8. The van der Waals surface area contributed by atoms with Crippen LogP contribution in [0.15, 0.2) is 24.3 Å². The van der Waals surface area contributed by atoms with Gasteiger partial charge in [0.15, 0.2) is 0 Å². The number of rotatable bonds is 3. The molecule has 1 saturated heterocycles. The fraction of sp³-hybridized carbons (Fsp3) is 0.562. The topological polar surface area (TPSA) is 49.8 Å². The summed E-state index contributed by atoms with van der Waals surface area (Å²) in [4.78, 5) is 13.7. The van der Waals surface area contributed by atoms with Crippen LogP contribution < -0.4 is 0 Å². The van der Waals surface area contributed by atoms with Crippen molar-refractivity contribution in [3.8, 4) is 0 Å². The molecule has 0 aliphatic carbocycles. The van der Waals surface area contributed by atoms with Gasteiger partial charge in [-0.15, -0.1) is 0 Å². The Labute approximate surface area is 119 Å². The van der Waals surface area contributed by atoms with Crippen molar-refractivity contribution in [1.82, 2.24) is 4.90 Å². The number of carbonyl (C=O) groups is 1. The highest BCUT2D eigenvalue weighted by molar-refractivity contribution is 5.77. The maximum absolute atomic E-state index is 11.5. The number of aliphatic carboxylic acids is 1. The van der Waals surface area contributed by atoms with Crippen molar-refractivity contribution in [3.63, 3.8) is 0 Å². The molecular formula is C16H21NO3. The number of benzene rings is 1. The Morgan fingerprint density at radius 3 is 2.90 bits per heavy atom. The third kappa shape index (κ3) is 2.72. The first-order valence-electron chi connectivity index (χ1n) is 7.32. The molecule has 1 aromatic rings. The number of nitrogens with zero attached hydrogens (tertiary/aromatic N) is 1. The van der Waals surface area contributed by atoms with Gasteiger partial charge >= 0.3 is 5.97 Å². The van der Waals surface area contributed by atoms with E-state index >= 15 is 0 Å². The van der Waals surface area contributed by atoms with E-state index in [0.717, 1.165) is 37.1 Å². The average Bonchev–Trinajstić information content (AvgIpc) is 2.83. The molecule has 0 radical (unpaired) electrons. The van der Waals surface area contributed by atoms with E-state index in [9.17, 15) is 9.90 Å². The first-order valence-corrected chi connectivity index (χ1v) is 7.32. The van der Waals surface area contributed by atoms with Crippen molar-refractivity contribution >= 4 is 5.97 Å². The molecule has 3 unspecified atom stereocenters. The lowest BCUT2D eigenvalue weighted by Gasteiger charge is -2.34. The molecule has 0 saturated carbocycles. The maximum Gasteiger partial charge on any atom is 0.312 e. The molecule has 20 heavy (non-hydrogen) atoms. The van der Waals surface area contributed by atoms with Crippen LogP contribution in [0, 0.1) is 0 Å². The van der Waals surface area contributed by atoms with Crippen molar-refractivity contribution in [2.24, 2.45) is 0 Å². The first-order chi connectivity index (χ1) is 9.63. The molecule has 1 fully saturated rings. The van der Waals surface area contributed by atoms with Gasteiger partial charge in [0.25, 0.3) is 0 Å². The molecule has 1 aromatic carbocycles. The van der Waals surface area contributed by atoms with Gasteiger partial charge in [0.05, 0.1) is 18.1 Å². The maximum atomic E-state index is 11.5. The van der Waals surface area contributed by atoms with Crippen LogP contribution in [0.2, 0.25) is 0 Å². The van der Waals surface area contributed by atoms with Crippen LogP contribution in [0.3, 0.4) is 0 Å². The van der Waals surface area contributed by atoms with Crippen LogP contribution in [0.1, 0.15) is 36.8 Å². The highest BCUT2D eigenvalue weighted by Gasteiger charge is 2.32. The Morgan fingerprint density at radius 1 is 1.40 bits per heavy atom. The van der Waals surface area contributed by atoms with Crippen molar-refractivity contribution in [3.05, 3.63) is 35.4 Å². The Kier molecular flexibility index (Phi) is 3.76. The minimum Gasteiger partial charge on any atom is -0.481 e. The van der Waals surface area contributed by atoms with Crippen LogP contribution >= 0.6 is 0 Å². The molecule has 108 valence electrons. The van der Waals surface area contributed by atoms with Crippen LogP contribution in [0.25, 0.3) is 0 Å². The fourth-order valence-corrected chi connectivity index (χ4v) is 3.34. The van der Waals surface area contributed by atoms with Gasteiger partial charge in [-0.05, 0) is 30.9 Å². The SMILES string of the molecule is CC1CCC(CN2Cc3ccccc3C(C(=O)O)C2)O1. The lowest BCUT2D eigenvalue weighted by Crippen LogP contribution is -2.40. The quantitative estimate of drug-likeness (QED) is 0.919. The standard InChI is InChI=1S/C16H21NO3/c1-11-6-7-13(20-11)9-17-8-12-4-2-3-5-14(12)15(10-17)16(18)19/h2-5,11,13,15H,6-10H2,1H3,(H,18,19). The minimum atomic E-state index is -0.733. The lowest BCUT2D eigenvalue weighted by molar-refractivity contribution is -0.139. The third-order valence-corrected chi connectivity index (χ3v) is 4.35. The van der Waals surface area contributed by atoms with E-state index < -0.39 is 11.9 Å². The monoisotopic (exact) mass is 275 g/mol. The minimum absolute atomic E-state index is 0.254. The second-order valence-electron chi connectivity index (χ2n) is 5.93. The smallest absolute Gasteiger partial charge is 0.312 e. The second kappa shape index (κ2) is 5.54. The zero-order valence-corrected chi connectivity index (χ0v) is 11.8. The summed E-state index contributed by atoms with van der Waals surface area (Å²) in [5.41, 5.74) is 2.11. The molecule has 4 nitrogen and oxygen atoms in total. The fourth-order valence-electron chi connectivity index (χ4n) is 3.34. The van der Waals surface area contributed by atoms with E-state index in [1.165, 1.54) is 0 Å². The summed E-state index contributed by atoms with van der Waals surface area (Å²) in [6.45, 7) is 4.35. The van der Waals surface area contributed by atoms with Gasteiger partial charge in [-0.3, -0.25) is 9.69 Å². The third-order valence-electron chi connectivity index (χ3n) is 4.35. The number of ether oxygens (including phenoxy) is 1. The summed E-state index contributed by atoms with van der Waals surface area (Å²) in [6.07, 6.45) is 2.78. The van der Waals surface area contributed by atoms with Crippen molar-refractivity contribution in [2.75, 3.05) is 13.1 Å². The highest BCUT2D eigenvalue weighted by atomic mass is 16.5. The van der Waals surface area contributed by atoms with Crippen LogP contribution in [0.4, 0.5) is 0 Å². The number of carboxylic acid groups (broad SMARTS) is 1. The molecule has 2 aliphatic heterocycles. The van der Waals surface area contributed by atoms with Gasteiger partial charge in [-0.25, -0.2) is 0 Å². The zero-order chi connectivity index (χ0) is 14.1. The van der Waals surface area contributed by atoms with Gasteiger partial charge in [-0.1, -0.05) is 24.3 Å². The Bertz CT molecular complexity index is 502. The number of fused-ring (bicyclic) bond motifs is 1. The lowest BCUT2D eigenvalue weighted by atomic mass is 9.89. The molecule has 0 amide bonds.